The quantitative estimate of drug-likeness (QED) is 0.555. The largest absolute Gasteiger partial charge is 0.474 e. The maximum absolute atomic E-state index is 12.3. The number of hydrogen-bond acceptors (Lipinski definition) is 7. The van der Waals surface area contributed by atoms with Gasteiger partial charge in [-0.1, -0.05) is 12.1 Å². The molecule has 9 heteroatoms. The van der Waals surface area contributed by atoms with Crippen molar-refractivity contribution in [3.8, 4) is 17.1 Å². The molecule has 9 nitrogen and oxygen atoms in total. The molecule has 3 aromatic rings. The lowest BCUT2D eigenvalue weighted by Gasteiger charge is -2.29. The lowest BCUT2D eigenvalue weighted by atomic mass is 9.93. The van der Waals surface area contributed by atoms with Crippen molar-refractivity contribution in [1.82, 2.24) is 19.9 Å². The van der Waals surface area contributed by atoms with E-state index < -0.39 is 5.91 Å². The van der Waals surface area contributed by atoms with E-state index in [0.717, 1.165) is 36.9 Å². The molecule has 2 aromatic heterocycles. The van der Waals surface area contributed by atoms with E-state index in [1.807, 2.05) is 24.3 Å². The van der Waals surface area contributed by atoms with Gasteiger partial charge >= 0.3 is 0 Å². The molecule has 2 amide bonds. The Labute approximate surface area is 198 Å². The SMILES string of the molecule is CN(C)C(=O)c1cccc(-c2ccnc(NC3CCC(Oc4ncccc4C(N)=O)CC3)n2)c1. The first-order chi connectivity index (χ1) is 16.4. The number of nitrogens with one attached hydrogen (secondary N) is 1. The lowest BCUT2D eigenvalue weighted by molar-refractivity contribution is 0.0827. The molecule has 1 aliphatic carbocycles. The molecule has 1 saturated carbocycles. The number of rotatable bonds is 7. The third kappa shape index (κ3) is 5.48. The van der Waals surface area contributed by atoms with Crippen LogP contribution in [0.1, 0.15) is 46.4 Å². The van der Waals surface area contributed by atoms with E-state index in [4.69, 9.17) is 10.5 Å². The maximum Gasteiger partial charge on any atom is 0.254 e. The first kappa shape index (κ1) is 23.2. The highest BCUT2D eigenvalue weighted by molar-refractivity contribution is 5.95. The van der Waals surface area contributed by atoms with Gasteiger partial charge in [-0.3, -0.25) is 9.59 Å². The zero-order valence-electron chi connectivity index (χ0n) is 19.3. The highest BCUT2D eigenvalue weighted by Crippen LogP contribution is 2.27. The van der Waals surface area contributed by atoms with Crippen LogP contribution in [0.15, 0.2) is 54.9 Å². The number of carbonyl (C=O) groups excluding carboxylic acids is 2. The van der Waals surface area contributed by atoms with E-state index >= 15 is 0 Å². The molecular formula is C25H28N6O3. The fourth-order valence-electron chi connectivity index (χ4n) is 4.00. The van der Waals surface area contributed by atoms with Gasteiger partial charge in [0.1, 0.15) is 11.7 Å². The standard InChI is InChI=1S/C25H28N6O3/c1-31(2)24(33)17-6-3-5-16(15-17)21-12-14-28-25(30-21)29-18-8-10-19(11-9-18)34-23-20(22(26)32)7-4-13-27-23/h3-7,12-15,18-19H,8-11H2,1-2H3,(H2,26,32)(H,28,29,30). The van der Waals surface area contributed by atoms with Crippen LogP contribution in [0, 0.1) is 0 Å². The van der Waals surface area contributed by atoms with Crippen LogP contribution in [-0.4, -0.2) is 57.9 Å². The van der Waals surface area contributed by atoms with Crippen LogP contribution in [0.2, 0.25) is 0 Å². The Morgan fingerprint density at radius 2 is 1.82 bits per heavy atom. The third-order valence-corrected chi connectivity index (χ3v) is 5.79. The van der Waals surface area contributed by atoms with E-state index in [9.17, 15) is 9.59 Å². The molecule has 176 valence electrons. The Morgan fingerprint density at radius 3 is 2.56 bits per heavy atom. The molecule has 1 aromatic carbocycles. The first-order valence-corrected chi connectivity index (χ1v) is 11.2. The first-order valence-electron chi connectivity index (χ1n) is 11.2. The van der Waals surface area contributed by atoms with Gasteiger partial charge in [0, 0.05) is 43.7 Å². The second kappa shape index (κ2) is 10.3. The minimum atomic E-state index is -0.549. The Balaban J connectivity index is 1.37. The monoisotopic (exact) mass is 460 g/mol. The number of primary amides is 1. The summed E-state index contributed by atoms with van der Waals surface area (Å²) in [4.78, 5) is 38.6. The molecule has 2 heterocycles. The van der Waals surface area contributed by atoms with E-state index in [-0.39, 0.29) is 23.9 Å². The van der Waals surface area contributed by atoms with Gasteiger partial charge in [-0.25, -0.2) is 15.0 Å². The summed E-state index contributed by atoms with van der Waals surface area (Å²) in [7, 11) is 3.46. The molecule has 0 aliphatic heterocycles. The van der Waals surface area contributed by atoms with Gasteiger partial charge < -0.3 is 20.7 Å². The predicted octanol–water partition coefficient (Wildman–Crippen LogP) is 3.14. The fourth-order valence-corrected chi connectivity index (χ4v) is 4.00. The number of carbonyl (C=O) groups is 2. The molecule has 0 atom stereocenters. The Morgan fingerprint density at radius 1 is 1.03 bits per heavy atom. The molecule has 1 aliphatic rings. The number of amides is 2. The molecule has 0 saturated heterocycles. The molecule has 0 radical (unpaired) electrons. The predicted molar refractivity (Wildman–Crippen MR) is 129 cm³/mol. The van der Waals surface area contributed by atoms with Crippen LogP contribution in [-0.2, 0) is 0 Å². The van der Waals surface area contributed by atoms with Crippen molar-refractivity contribution in [3.63, 3.8) is 0 Å². The van der Waals surface area contributed by atoms with Gasteiger partial charge in [-0.15, -0.1) is 0 Å². The molecule has 0 unspecified atom stereocenters. The molecule has 3 N–H and O–H groups in total. The number of ether oxygens (including phenoxy) is 1. The van der Waals surface area contributed by atoms with Gasteiger partial charge in [0.15, 0.2) is 0 Å². The lowest BCUT2D eigenvalue weighted by Crippen LogP contribution is -2.32. The Hall–Kier alpha value is -4.01. The second-order valence-corrected chi connectivity index (χ2v) is 8.50. The summed E-state index contributed by atoms with van der Waals surface area (Å²) in [6, 6.07) is 12.7. The molecule has 34 heavy (non-hydrogen) atoms. The van der Waals surface area contributed by atoms with Crippen molar-refractivity contribution in [2.45, 2.75) is 37.8 Å². The Kier molecular flexibility index (Phi) is 7.01. The number of aromatic nitrogens is 3. The van der Waals surface area contributed by atoms with Gasteiger partial charge in [0.05, 0.1) is 5.69 Å². The number of hydrogen-bond donors (Lipinski definition) is 2. The zero-order valence-corrected chi connectivity index (χ0v) is 19.3. The van der Waals surface area contributed by atoms with E-state index in [1.165, 1.54) is 0 Å². The van der Waals surface area contributed by atoms with Crippen LogP contribution in [0.5, 0.6) is 5.88 Å². The summed E-state index contributed by atoms with van der Waals surface area (Å²) < 4.78 is 5.97. The summed E-state index contributed by atoms with van der Waals surface area (Å²) in [6.45, 7) is 0. The van der Waals surface area contributed by atoms with Crippen molar-refractivity contribution < 1.29 is 14.3 Å². The maximum atomic E-state index is 12.3. The van der Waals surface area contributed by atoms with Crippen molar-refractivity contribution in [3.05, 3.63) is 66.0 Å². The van der Waals surface area contributed by atoms with Crippen LogP contribution in [0.3, 0.4) is 0 Å². The number of nitrogens with two attached hydrogens (primary N) is 1. The van der Waals surface area contributed by atoms with Crippen LogP contribution in [0.25, 0.3) is 11.3 Å². The smallest absolute Gasteiger partial charge is 0.254 e. The number of nitrogens with zero attached hydrogens (tertiary/aromatic N) is 4. The number of anilines is 1. The summed E-state index contributed by atoms with van der Waals surface area (Å²) in [5.41, 5.74) is 7.93. The topological polar surface area (TPSA) is 123 Å². The third-order valence-electron chi connectivity index (χ3n) is 5.79. The average Bonchev–Trinajstić information content (AvgIpc) is 2.85. The summed E-state index contributed by atoms with van der Waals surface area (Å²) >= 11 is 0. The highest BCUT2D eigenvalue weighted by atomic mass is 16.5. The highest BCUT2D eigenvalue weighted by Gasteiger charge is 2.24. The van der Waals surface area contributed by atoms with Crippen molar-refractivity contribution >= 4 is 17.8 Å². The van der Waals surface area contributed by atoms with Crippen LogP contribution >= 0.6 is 0 Å². The summed E-state index contributed by atoms with van der Waals surface area (Å²) in [5.74, 6) is 0.235. The van der Waals surface area contributed by atoms with Gasteiger partial charge in [0.2, 0.25) is 11.8 Å². The van der Waals surface area contributed by atoms with Crippen molar-refractivity contribution in [1.29, 1.82) is 0 Å². The molecule has 0 spiro atoms. The van der Waals surface area contributed by atoms with Gasteiger partial charge in [-0.2, -0.15) is 0 Å². The molecule has 1 fully saturated rings. The fraction of sp³-hybridized carbons (Fsp3) is 0.320. The summed E-state index contributed by atoms with van der Waals surface area (Å²) in [5, 5.41) is 3.42. The van der Waals surface area contributed by atoms with Crippen LogP contribution < -0.4 is 15.8 Å². The minimum absolute atomic E-state index is 0.0322. The minimum Gasteiger partial charge on any atom is -0.474 e. The summed E-state index contributed by atoms with van der Waals surface area (Å²) in [6.07, 6.45) is 6.61. The van der Waals surface area contributed by atoms with E-state index in [0.29, 0.717) is 17.1 Å². The normalized spacial score (nSPS) is 17.6. The second-order valence-electron chi connectivity index (χ2n) is 8.50. The van der Waals surface area contributed by atoms with E-state index in [1.54, 1.807) is 49.6 Å². The molecular weight excluding hydrogens is 432 g/mol. The van der Waals surface area contributed by atoms with Gasteiger partial charge in [-0.05, 0) is 56.0 Å². The van der Waals surface area contributed by atoms with Crippen LogP contribution in [0.4, 0.5) is 5.95 Å². The molecule has 4 rings (SSSR count). The average molecular weight is 461 g/mol. The van der Waals surface area contributed by atoms with Gasteiger partial charge in [0.25, 0.3) is 11.8 Å². The van der Waals surface area contributed by atoms with Crippen molar-refractivity contribution in [2.75, 3.05) is 19.4 Å². The number of benzene rings is 1. The Bertz CT molecular complexity index is 1170. The zero-order chi connectivity index (χ0) is 24.1. The van der Waals surface area contributed by atoms with Crippen molar-refractivity contribution in [2.24, 2.45) is 5.73 Å². The molecule has 0 bridgehead atoms. The van der Waals surface area contributed by atoms with E-state index in [2.05, 4.69) is 20.3 Å². The number of pyridine rings is 1.